The first-order valence-corrected chi connectivity index (χ1v) is 11.7. The maximum Gasteiger partial charge on any atom is 0.414 e. The summed E-state index contributed by atoms with van der Waals surface area (Å²) in [4.78, 5) is 32.8. The molecular weight excluding hydrogens is 438 g/mol. The summed E-state index contributed by atoms with van der Waals surface area (Å²) in [5, 5.41) is 23.2. The Hall–Kier alpha value is -2.49. The van der Waals surface area contributed by atoms with Crippen LogP contribution in [0.3, 0.4) is 0 Å². The van der Waals surface area contributed by atoms with Gasteiger partial charge in [0.2, 0.25) is 5.96 Å². The standard InChI is InChI=1S/C25H35N3O6/c1-22(2,3)34-21(30)26-20-27-25(19(29)28(20)5)18-13-16(23(4,31)32)8-7-15(18)14-24(25)11-9-17(33-6)10-12-24/h7-8,13,17,31-32H,9-12,14H2,1-6H3,(H,26,27,30). The van der Waals surface area contributed by atoms with E-state index >= 15 is 0 Å². The maximum atomic E-state index is 14.0. The predicted octanol–water partition coefficient (Wildman–Crippen LogP) is 2.52. The Morgan fingerprint density at radius 2 is 1.85 bits per heavy atom. The van der Waals surface area contributed by atoms with Crippen LogP contribution < -0.4 is 5.32 Å². The Labute approximate surface area is 200 Å². The van der Waals surface area contributed by atoms with Crippen molar-refractivity contribution in [3.8, 4) is 0 Å². The molecule has 186 valence electrons. The molecule has 2 aliphatic carbocycles. The summed E-state index contributed by atoms with van der Waals surface area (Å²) in [6.07, 6.45) is 3.08. The fourth-order valence-corrected chi connectivity index (χ4v) is 5.71. The third kappa shape index (κ3) is 3.89. The number of alkyl carbamates (subject to hydrolysis) is 1. The van der Waals surface area contributed by atoms with Crippen LogP contribution in [-0.2, 0) is 32.0 Å². The van der Waals surface area contributed by atoms with Gasteiger partial charge in [0.15, 0.2) is 11.3 Å². The van der Waals surface area contributed by atoms with E-state index in [2.05, 4.69) is 5.32 Å². The highest BCUT2D eigenvalue weighted by Crippen LogP contribution is 2.62. The summed E-state index contributed by atoms with van der Waals surface area (Å²) < 4.78 is 11.0. The quantitative estimate of drug-likeness (QED) is 0.568. The molecule has 4 rings (SSSR count). The lowest BCUT2D eigenvalue weighted by molar-refractivity contribution is -0.153. The van der Waals surface area contributed by atoms with Gasteiger partial charge in [0.1, 0.15) is 5.60 Å². The van der Waals surface area contributed by atoms with Crippen molar-refractivity contribution in [3.63, 3.8) is 0 Å². The van der Waals surface area contributed by atoms with Gasteiger partial charge in [0, 0.05) is 25.1 Å². The number of hydrogen-bond acceptors (Lipinski definition) is 7. The van der Waals surface area contributed by atoms with E-state index in [1.165, 1.54) is 11.8 Å². The lowest BCUT2D eigenvalue weighted by Crippen LogP contribution is -2.51. The zero-order valence-electron chi connectivity index (χ0n) is 20.8. The minimum atomic E-state index is -2.06. The molecule has 0 bridgehead atoms. The molecule has 3 aliphatic rings. The molecular formula is C25H35N3O6. The molecule has 1 aromatic carbocycles. The molecule has 1 heterocycles. The summed E-state index contributed by atoms with van der Waals surface area (Å²) in [5.41, 5.74) is -0.590. The average Bonchev–Trinajstić information content (AvgIpc) is 3.13. The second kappa shape index (κ2) is 8.03. The molecule has 9 heteroatoms. The molecule has 0 radical (unpaired) electrons. The van der Waals surface area contributed by atoms with Gasteiger partial charge in [-0.3, -0.25) is 15.0 Å². The summed E-state index contributed by atoms with van der Waals surface area (Å²) in [6, 6.07) is 5.22. The number of rotatable bonds is 2. The van der Waals surface area contributed by atoms with E-state index in [9.17, 15) is 19.8 Å². The topological polar surface area (TPSA) is 121 Å². The molecule has 1 unspecified atom stereocenters. The van der Waals surface area contributed by atoms with Crippen LogP contribution in [0, 0.1) is 5.41 Å². The number of aliphatic hydroxyl groups is 2. The molecule has 3 N–H and O–H groups in total. The average molecular weight is 474 g/mol. The fraction of sp³-hybridized carbons (Fsp3) is 0.640. The first kappa shape index (κ1) is 24.6. The summed E-state index contributed by atoms with van der Waals surface area (Å²) in [7, 11) is 3.29. The number of hydrogen-bond donors (Lipinski definition) is 3. The molecule has 0 aromatic heterocycles. The second-order valence-corrected chi connectivity index (χ2v) is 10.9. The lowest BCUT2D eigenvalue weighted by Gasteiger charge is -2.45. The normalized spacial score (nSPS) is 28.9. The number of guanidine groups is 1. The number of carbonyl (C=O) groups excluding carboxylic acids is 2. The third-order valence-electron chi connectivity index (χ3n) is 7.38. The second-order valence-electron chi connectivity index (χ2n) is 10.9. The third-order valence-corrected chi connectivity index (χ3v) is 7.38. The Kier molecular flexibility index (Phi) is 5.82. The summed E-state index contributed by atoms with van der Waals surface area (Å²) >= 11 is 0. The first-order chi connectivity index (χ1) is 15.7. The van der Waals surface area contributed by atoms with E-state index in [4.69, 9.17) is 14.5 Å². The van der Waals surface area contributed by atoms with E-state index in [-0.39, 0.29) is 23.5 Å². The number of likely N-dealkylation sites (N-methyl/N-ethyl adjacent to an activating group) is 1. The minimum absolute atomic E-state index is 0.123. The molecule has 0 saturated heterocycles. The number of nitrogens with zero attached hydrogens (tertiary/aromatic N) is 2. The number of methoxy groups -OCH3 is 1. The molecule has 1 atom stereocenters. The van der Waals surface area contributed by atoms with Crippen molar-refractivity contribution in [1.29, 1.82) is 0 Å². The highest BCUT2D eigenvalue weighted by molar-refractivity contribution is 6.12. The van der Waals surface area contributed by atoms with Gasteiger partial charge in [-0.15, -0.1) is 0 Å². The van der Waals surface area contributed by atoms with Crippen LogP contribution in [0.1, 0.15) is 70.1 Å². The van der Waals surface area contributed by atoms with Crippen LogP contribution in [0.5, 0.6) is 0 Å². The zero-order valence-corrected chi connectivity index (χ0v) is 20.8. The van der Waals surface area contributed by atoms with Crippen LogP contribution in [0.15, 0.2) is 23.2 Å². The van der Waals surface area contributed by atoms with Gasteiger partial charge >= 0.3 is 6.09 Å². The SMILES string of the molecule is COC1CCC2(CC1)Cc1ccc(C(C)(O)O)cc1C21N=C(NC(=O)OC(C)(C)C)N(C)C1=O. The van der Waals surface area contributed by atoms with Crippen molar-refractivity contribution in [1.82, 2.24) is 10.2 Å². The molecule has 34 heavy (non-hydrogen) atoms. The van der Waals surface area contributed by atoms with E-state index in [1.807, 2.05) is 6.07 Å². The molecule has 1 aliphatic heterocycles. The van der Waals surface area contributed by atoms with Gasteiger partial charge in [-0.05, 0) is 77.0 Å². The molecule has 1 fully saturated rings. The monoisotopic (exact) mass is 473 g/mol. The van der Waals surface area contributed by atoms with Gasteiger partial charge in [-0.25, -0.2) is 9.79 Å². The Morgan fingerprint density at radius 1 is 1.21 bits per heavy atom. The van der Waals surface area contributed by atoms with Crippen molar-refractivity contribution < 1.29 is 29.3 Å². The van der Waals surface area contributed by atoms with Crippen LogP contribution in [0.25, 0.3) is 0 Å². The molecule has 1 aromatic rings. The van der Waals surface area contributed by atoms with Crippen molar-refractivity contribution in [2.45, 2.75) is 82.8 Å². The van der Waals surface area contributed by atoms with E-state index in [0.29, 0.717) is 24.8 Å². The maximum absolute atomic E-state index is 14.0. The van der Waals surface area contributed by atoms with E-state index in [0.717, 1.165) is 18.4 Å². The summed E-state index contributed by atoms with van der Waals surface area (Å²) in [6.45, 7) is 6.58. The first-order valence-electron chi connectivity index (χ1n) is 11.7. The van der Waals surface area contributed by atoms with Gasteiger partial charge in [0.05, 0.1) is 6.10 Å². The Balaban J connectivity index is 1.83. The number of aliphatic imine (C=N–C) groups is 1. The van der Waals surface area contributed by atoms with Crippen molar-refractivity contribution in [2.75, 3.05) is 14.2 Å². The largest absolute Gasteiger partial charge is 0.444 e. The van der Waals surface area contributed by atoms with Crippen molar-refractivity contribution in [3.05, 3.63) is 34.9 Å². The Bertz CT molecular complexity index is 1030. The number of benzene rings is 1. The van der Waals surface area contributed by atoms with Crippen LogP contribution in [-0.4, -0.2) is 58.9 Å². The number of carbonyl (C=O) groups is 2. The number of nitrogens with one attached hydrogen (secondary N) is 1. The molecule has 2 spiro atoms. The van der Waals surface area contributed by atoms with Crippen LogP contribution in [0.2, 0.25) is 0 Å². The van der Waals surface area contributed by atoms with Gasteiger partial charge < -0.3 is 19.7 Å². The Morgan fingerprint density at radius 3 is 2.41 bits per heavy atom. The number of ether oxygens (including phenoxy) is 2. The minimum Gasteiger partial charge on any atom is -0.444 e. The van der Waals surface area contributed by atoms with Gasteiger partial charge in [-0.2, -0.15) is 0 Å². The number of amides is 2. The highest BCUT2D eigenvalue weighted by Gasteiger charge is 2.66. The van der Waals surface area contributed by atoms with E-state index < -0.39 is 28.4 Å². The van der Waals surface area contributed by atoms with Crippen LogP contribution in [0.4, 0.5) is 4.79 Å². The molecule has 2 amide bonds. The van der Waals surface area contributed by atoms with Crippen molar-refractivity contribution >= 4 is 18.0 Å². The van der Waals surface area contributed by atoms with E-state index in [1.54, 1.807) is 47.1 Å². The molecule has 1 saturated carbocycles. The van der Waals surface area contributed by atoms with Gasteiger partial charge in [-0.1, -0.05) is 12.1 Å². The summed E-state index contributed by atoms with van der Waals surface area (Å²) in [5.74, 6) is -2.18. The smallest absolute Gasteiger partial charge is 0.414 e. The highest BCUT2D eigenvalue weighted by atomic mass is 16.6. The predicted molar refractivity (Wildman–Crippen MR) is 125 cm³/mol. The zero-order chi connectivity index (χ0) is 25.1. The van der Waals surface area contributed by atoms with Gasteiger partial charge in [0.25, 0.3) is 5.91 Å². The molecule has 9 nitrogen and oxygen atoms in total. The lowest BCUT2D eigenvalue weighted by atomic mass is 9.61. The number of fused-ring (bicyclic) bond motifs is 3. The van der Waals surface area contributed by atoms with Crippen LogP contribution >= 0.6 is 0 Å². The van der Waals surface area contributed by atoms with Crippen molar-refractivity contribution in [2.24, 2.45) is 10.4 Å². The fourth-order valence-electron chi connectivity index (χ4n) is 5.71.